The van der Waals surface area contributed by atoms with Gasteiger partial charge in [-0.15, -0.1) is 0 Å². The number of hydrazone groups is 1. The van der Waals surface area contributed by atoms with Crippen molar-refractivity contribution in [3.05, 3.63) is 95.6 Å². The summed E-state index contributed by atoms with van der Waals surface area (Å²) in [5.41, 5.74) is 5.78. The van der Waals surface area contributed by atoms with Gasteiger partial charge in [-0.1, -0.05) is 60.7 Å². The summed E-state index contributed by atoms with van der Waals surface area (Å²) in [5.74, 6) is 0.954. The summed E-state index contributed by atoms with van der Waals surface area (Å²) in [6.45, 7) is 0. The molecule has 0 amide bonds. The van der Waals surface area contributed by atoms with E-state index in [1.807, 2.05) is 12.1 Å². The molecule has 2 atom stereocenters. The topological polar surface area (TPSA) is 28.1 Å². The zero-order chi connectivity index (χ0) is 19.1. The van der Waals surface area contributed by atoms with Gasteiger partial charge < -0.3 is 9.64 Å². The van der Waals surface area contributed by atoms with E-state index in [1.165, 1.54) is 16.8 Å². The number of benzene rings is 3. The molecule has 0 radical (unpaired) electrons. The van der Waals surface area contributed by atoms with Crippen molar-refractivity contribution >= 4 is 11.4 Å². The third-order valence-corrected chi connectivity index (χ3v) is 5.50. The molecular formula is C24H23N3O. The second-order valence-corrected chi connectivity index (χ2v) is 7.51. The molecule has 2 heterocycles. The number of para-hydroxylation sites is 1. The maximum absolute atomic E-state index is 6.42. The van der Waals surface area contributed by atoms with Crippen LogP contribution in [-0.4, -0.2) is 24.8 Å². The minimum Gasteiger partial charge on any atom is -0.464 e. The first kappa shape index (κ1) is 16.9. The fourth-order valence-corrected chi connectivity index (χ4v) is 4.00. The van der Waals surface area contributed by atoms with E-state index in [-0.39, 0.29) is 12.3 Å². The van der Waals surface area contributed by atoms with Crippen LogP contribution >= 0.6 is 0 Å². The molecule has 28 heavy (non-hydrogen) atoms. The van der Waals surface area contributed by atoms with Crippen molar-refractivity contribution in [1.82, 2.24) is 5.01 Å². The van der Waals surface area contributed by atoms with Crippen LogP contribution in [0.15, 0.2) is 84.0 Å². The van der Waals surface area contributed by atoms with Crippen molar-refractivity contribution < 1.29 is 4.74 Å². The van der Waals surface area contributed by atoms with Crippen LogP contribution in [0, 0.1) is 0 Å². The minimum atomic E-state index is -0.225. The molecule has 0 unspecified atom stereocenters. The largest absolute Gasteiger partial charge is 0.464 e. The molecule has 3 aromatic rings. The number of hydrogen-bond acceptors (Lipinski definition) is 4. The van der Waals surface area contributed by atoms with Crippen molar-refractivity contribution in [3.63, 3.8) is 0 Å². The number of fused-ring (bicyclic) bond motifs is 3. The zero-order valence-corrected chi connectivity index (χ0v) is 16.1. The van der Waals surface area contributed by atoms with E-state index < -0.39 is 0 Å². The maximum atomic E-state index is 6.42. The number of ether oxygens (including phenoxy) is 1. The third kappa shape index (κ3) is 2.82. The van der Waals surface area contributed by atoms with Crippen molar-refractivity contribution in [1.29, 1.82) is 0 Å². The Bertz CT molecular complexity index is 1010. The predicted octanol–water partition coefficient (Wildman–Crippen LogP) is 4.99. The average molecular weight is 369 g/mol. The highest BCUT2D eigenvalue weighted by atomic mass is 16.5. The summed E-state index contributed by atoms with van der Waals surface area (Å²) in [4.78, 5) is 2.10. The summed E-state index contributed by atoms with van der Waals surface area (Å²) in [6.07, 6.45) is 0.661. The Morgan fingerprint density at radius 2 is 1.61 bits per heavy atom. The van der Waals surface area contributed by atoms with Crippen LogP contribution in [0.4, 0.5) is 5.69 Å². The number of nitrogens with zero attached hydrogens (tertiary/aromatic N) is 3. The molecule has 0 saturated heterocycles. The van der Waals surface area contributed by atoms with Gasteiger partial charge >= 0.3 is 0 Å². The van der Waals surface area contributed by atoms with E-state index in [1.54, 1.807) is 0 Å². The summed E-state index contributed by atoms with van der Waals surface area (Å²) in [7, 11) is 4.10. The van der Waals surface area contributed by atoms with E-state index in [0.717, 1.165) is 23.4 Å². The predicted molar refractivity (Wildman–Crippen MR) is 113 cm³/mol. The molecule has 0 spiro atoms. The molecule has 0 saturated carbocycles. The number of anilines is 1. The van der Waals surface area contributed by atoms with Gasteiger partial charge in [-0.25, -0.2) is 5.01 Å². The van der Waals surface area contributed by atoms with Crippen LogP contribution in [-0.2, 0) is 0 Å². The smallest absolute Gasteiger partial charge is 0.213 e. The Hall–Kier alpha value is -3.27. The summed E-state index contributed by atoms with van der Waals surface area (Å²) in [5, 5.41) is 7.14. The summed E-state index contributed by atoms with van der Waals surface area (Å²) >= 11 is 0. The van der Waals surface area contributed by atoms with E-state index >= 15 is 0 Å². The highest BCUT2D eigenvalue weighted by Crippen LogP contribution is 2.47. The van der Waals surface area contributed by atoms with Gasteiger partial charge in [-0.2, -0.15) is 5.10 Å². The first-order valence-electron chi connectivity index (χ1n) is 9.65. The Labute approximate surface area is 165 Å². The van der Waals surface area contributed by atoms with Gasteiger partial charge in [-0.05, 0) is 23.8 Å². The normalized spacial score (nSPS) is 20.1. The fraction of sp³-hybridized carbons (Fsp3) is 0.208. The zero-order valence-electron chi connectivity index (χ0n) is 16.1. The van der Waals surface area contributed by atoms with E-state index in [4.69, 9.17) is 9.84 Å². The number of hydrogen-bond donors (Lipinski definition) is 0. The SMILES string of the molecule is CN(C)c1ccc([C@H]2Oc3ccccc3[C@H]3CC(c4ccccc4)=NN32)cc1. The first-order valence-corrected chi connectivity index (χ1v) is 9.65. The first-order chi connectivity index (χ1) is 13.7. The lowest BCUT2D eigenvalue weighted by atomic mass is 9.96. The minimum absolute atomic E-state index is 0.193. The van der Waals surface area contributed by atoms with Gasteiger partial charge in [0.25, 0.3) is 0 Å². The van der Waals surface area contributed by atoms with Crippen LogP contribution in [0.1, 0.15) is 35.4 Å². The van der Waals surface area contributed by atoms with Crippen molar-refractivity contribution in [2.75, 3.05) is 19.0 Å². The fourth-order valence-electron chi connectivity index (χ4n) is 4.00. The van der Waals surface area contributed by atoms with Gasteiger partial charge in [0, 0.05) is 37.3 Å². The molecule has 0 fully saturated rings. The van der Waals surface area contributed by atoms with Crippen molar-refractivity contribution in [3.8, 4) is 5.75 Å². The molecule has 2 aliphatic heterocycles. The van der Waals surface area contributed by atoms with Crippen molar-refractivity contribution in [2.24, 2.45) is 5.10 Å². The quantitative estimate of drug-likeness (QED) is 0.651. The molecular weight excluding hydrogens is 346 g/mol. The van der Waals surface area contributed by atoms with Gasteiger partial charge in [0.1, 0.15) is 5.75 Å². The lowest BCUT2D eigenvalue weighted by Gasteiger charge is -2.38. The van der Waals surface area contributed by atoms with E-state index in [2.05, 4.69) is 90.7 Å². The van der Waals surface area contributed by atoms with E-state index in [9.17, 15) is 0 Å². The van der Waals surface area contributed by atoms with Gasteiger partial charge in [0.15, 0.2) is 0 Å². The van der Waals surface area contributed by atoms with Gasteiger partial charge in [0.2, 0.25) is 6.23 Å². The molecule has 4 nitrogen and oxygen atoms in total. The Kier molecular flexibility index (Phi) is 4.05. The van der Waals surface area contributed by atoms with Crippen molar-refractivity contribution in [2.45, 2.75) is 18.7 Å². The highest BCUT2D eigenvalue weighted by molar-refractivity contribution is 6.01. The van der Waals surface area contributed by atoms with Gasteiger partial charge in [-0.3, -0.25) is 0 Å². The van der Waals surface area contributed by atoms with Crippen LogP contribution < -0.4 is 9.64 Å². The van der Waals surface area contributed by atoms with Crippen LogP contribution in [0.5, 0.6) is 5.75 Å². The molecule has 4 heteroatoms. The lowest BCUT2D eigenvalue weighted by Crippen LogP contribution is -2.33. The molecule has 0 aliphatic carbocycles. The second-order valence-electron chi connectivity index (χ2n) is 7.51. The monoisotopic (exact) mass is 369 g/mol. The van der Waals surface area contributed by atoms with Crippen LogP contribution in [0.3, 0.4) is 0 Å². The molecule has 0 bridgehead atoms. The Balaban J connectivity index is 1.56. The molecule has 140 valence electrons. The van der Waals surface area contributed by atoms with Gasteiger partial charge in [0.05, 0.1) is 11.8 Å². The maximum Gasteiger partial charge on any atom is 0.213 e. The molecule has 3 aromatic carbocycles. The lowest BCUT2D eigenvalue weighted by molar-refractivity contribution is -0.0190. The summed E-state index contributed by atoms with van der Waals surface area (Å²) in [6, 6.07) is 27.5. The average Bonchev–Trinajstić information content (AvgIpc) is 3.20. The summed E-state index contributed by atoms with van der Waals surface area (Å²) < 4.78 is 6.42. The van der Waals surface area contributed by atoms with Crippen LogP contribution in [0.2, 0.25) is 0 Å². The highest BCUT2D eigenvalue weighted by Gasteiger charge is 2.40. The molecule has 0 aromatic heterocycles. The molecule has 2 aliphatic rings. The third-order valence-electron chi connectivity index (χ3n) is 5.50. The Morgan fingerprint density at radius 1 is 0.893 bits per heavy atom. The molecule has 0 N–H and O–H groups in total. The molecule has 5 rings (SSSR count). The second kappa shape index (κ2) is 6.71. The standard InChI is InChI=1S/C24H23N3O/c1-26(2)19-14-12-18(13-15-19)24-27-22(20-10-6-7-11-23(20)28-24)16-21(25-27)17-8-4-3-5-9-17/h3-15,22,24H,16H2,1-2H3/t22-,24-/m1/s1. The Morgan fingerprint density at radius 3 is 2.36 bits per heavy atom. The number of rotatable bonds is 3. The van der Waals surface area contributed by atoms with Crippen LogP contribution in [0.25, 0.3) is 0 Å². The van der Waals surface area contributed by atoms with E-state index in [0.29, 0.717) is 0 Å².